The van der Waals surface area contributed by atoms with E-state index in [0.717, 1.165) is 17.7 Å². The number of anilines is 1. The van der Waals surface area contributed by atoms with Crippen LogP contribution in [0, 0.1) is 18.8 Å². The van der Waals surface area contributed by atoms with E-state index in [9.17, 15) is 0 Å². The first-order valence-electron chi connectivity index (χ1n) is 7.57. The highest BCUT2D eigenvalue weighted by molar-refractivity contribution is 5.79. The number of rotatable bonds is 2. The van der Waals surface area contributed by atoms with E-state index in [1.54, 1.807) is 0 Å². The fraction of sp³-hybridized carbons (Fsp3) is 0.471. The van der Waals surface area contributed by atoms with Crippen molar-refractivity contribution >= 4 is 5.82 Å². The molecule has 0 radical (unpaired) electrons. The summed E-state index contributed by atoms with van der Waals surface area (Å²) in [6.45, 7) is 2.15. The fourth-order valence-electron chi connectivity index (χ4n) is 4.15. The molecule has 2 aromatic rings. The second-order valence-corrected chi connectivity index (χ2v) is 6.37. The molecule has 2 atom stereocenters. The largest absolute Gasteiger partial charge is 0.383 e. The maximum atomic E-state index is 6.32. The Morgan fingerprint density at radius 3 is 2.60 bits per heavy atom. The van der Waals surface area contributed by atoms with Crippen molar-refractivity contribution in [3.05, 3.63) is 35.5 Å². The first kappa shape index (κ1) is 12.0. The highest BCUT2D eigenvalue weighted by Gasteiger charge is 2.55. The molecule has 2 N–H and O–H groups in total. The zero-order valence-corrected chi connectivity index (χ0v) is 12.1. The van der Waals surface area contributed by atoms with Gasteiger partial charge in [-0.25, -0.2) is 0 Å². The molecule has 0 saturated heterocycles. The zero-order valence-electron chi connectivity index (χ0n) is 12.1. The number of nitrogens with two attached hydrogens (primary N) is 1. The van der Waals surface area contributed by atoms with Gasteiger partial charge in [0.1, 0.15) is 5.82 Å². The van der Waals surface area contributed by atoms with Crippen LogP contribution in [-0.2, 0) is 7.05 Å². The van der Waals surface area contributed by atoms with Gasteiger partial charge in [-0.3, -0.25) is 4.68 Å². The molecule has 20 heavy (non-hydrogen) atoms. The van der Waals surface area contributed by atoms with Crippen LogP contribution in [0.3, 0.4) is 0 Å². The molecular formula is C17H21N3. The maximum absolute atomic E-state index is 6.32. The van der Waals surface area contributed by atoms with Gasteiger partial charge in [-0.2, -0.15) is 5.10 Å². The molecule has 0 aliphatic heterocycles. The standard InChI is InChI=1S/C17H21N3/c1-10-6-3-4-7-11(10)15-16(19-20(2)17(15)18)14-12-8-5-9-13(12)14/h3-4,6-7,12-14H,5,8-9,18H2,1-2H3. The van der Waals surface area contributed by atoms with Crippen LogP contribution in [0.25, 0.3) is 11.1 Å². The van der Waals surface area contributed by atoms with Crippen LogP contribution in [0.2, 0.25) is 0 Å². The fourth-order valence-corrected chi connectivity index (χ4v) is 4.15. The predicted octanol–water partition coefficient (Wildman–Crippen LogP) is 3.49. The van der Waals surface area contributed by atoms with Gasteiger partial charge in [-0.05, 0) is 42.7 Å². The van der Waals surface area contributed by atoms with Crippen molar-refractivity contribution in [3.8, 4) is 11.1 Å². The van der Waals surface area contributed by atoms with Crippen molar-refractivity contribution in [2.24, 2.45) is 18.9 Å². The van der Waals surface area contributed by atoms with Gasteiger partial charge < -0.3 is 5.73 Å². The topological polar surface area (TPSA) is 43.8 Å². The Hall–Kier alpha value is -1.77. The Bertz CT molecular complexity index is 661. The van der Waals surface area contributed by atoms with Crippen molar-refractivity contribution in [3.63, 3.8) is 0 Å². The Morgan fingerprint density at radius 1 is 1.20 bits per heavy atom. The second-order valence-electron chi connectivity index (χ2n) is 6.37. The van der Waals surface area contributed by atoms with Crippen molar-refractivity contribution in [1.82, 2.24) is 9.78 Å². The molecule has 2 aliphatic carbocycles. The smallest absolute Gasteiger partial charge is 0.129 e. The average molecular weight is 267 g/mol. The molecule has 0 amide bonds. The van der Waals surface area contributed by atoms with E-state index in [2.05, 4.69) is 31.2 Å². The van der Waals surface area contributed by atoms with Gasteiger partial charge in [-0.15, -0.1) is 0 Å². The van der Waals surface area contributed by atoms with Crippen molar-refractivity contribution in [2.75, 3.05) is 5.73 Å². The Morgan fingerprint density at radius 2 is 1.90 bits per heavy atom. The Balaban J connectivity index is 1.85. The summed E-state index contributed by atoms with van der Waals surface area (Å²) >= 11 is 0. The molecule has 104 valence electrons. The summed E-state index contributed by atoms with van der Waals surface area (Å²) in [5.41, 5.74) is 11.3. The second kappa shape index (κ2) is 4.11. The number of nitrogen functional groups attached to an aromatic ring is 1. The first-order valence-corrected chi connectivity index (χ1v) is 7.57. The molecule has 2 aliphatic rings. The van der Waals surface area contributed by atoms with Crippen LogP contribution in [0.1, 0.15) is 36.4 Å². The summed E-state index contributed by atoms with van der Waals surface area (Å²) < 4.78 is 1.85. The van der Waals surface area contributed by atoms with Gasteiger partial charge in [0.25, 0.3) is 0 Å². The molecule has 1 heterocycles. The number of nitrogens with zero attached hydrogens (tertiary/aromatic N) is 2. The van der Waals surface area contributed by atoms with Crippen LogP contribution >= 0.6 is 0 Å². The van der Waals surface area contributed by atoms with Crippen LogP contribution in [0.4, 0.5) is 5.82 Å². The lowest BCUT2D eigenvalue weighted by Gasteiger charge is -2.08. The summed E-state index contributed by atoms with van der Waals surface area (Å²) in [4.78, 5) is 0. The molecule has 2 saturated carbocycles. The van der Waals surface area contributed by atoms with Gasteiger partial charge in [0, 0.05) is 18.5 Å². The minimum atomic E-state index is 0.654. The number of aromatic nitrogens is 2. The van der Waals surface area contributed by atoms with Crippen LogP contribution in [0.15, 0.2) is 24.3 Å². The third kappa shape index (κ3) is 1.55. The molecule has 1 aromatic heterocycles. The van der Waals surface area contributed by atoms with Crippen molar-refractivity contribution in [1.29, 1.82) is 0 Å². The average Bonchev–Trinajstić information content (AvgIpc) is 2.78. The van der Waals surface area contributed by atoms with E-state index in [4.69, 9.17) is 10.8 Å². The highest BCUT2D eigenvalue weighted by Crippen LogP contribution is 2.64. The summed E-state index contributed by atoms with van der Waals surface area (Å²) in [7, 11) is 1.96. The minimum absolute atomic E-state index is 0.654. The van der Waals surface area contributed by atoms with Crippen LogP contribution < -0.4 is 5.73 Å². The molecule has 2 unspecified atom stereocenters. The van der Waals surface area contributed by atoms with Crippen LogP contribution in [-0.4, -0.2) is 9.78 Å². The van der Waals surface area contributed by atoms with E-state index >= 15 is 0 Å². The number of hydrogen-bond acceptors (Lipinski definition) is 2. The Kier molecular flexibility index (Phi) is 2.47. The van der Waals surface area contributed by atoms with Crippen LogP contribution in [0.5, 0.6) is 0 Å². The van der Waals surface area contributed by atoms with Gasteiger partial charge in [0.15, 0.2) is 0 Å². The SMILES string of the molecule is Cc1ccccc1-c1c(C2C3CCCC32)nn(C)c1N. The molecule has 1 aromatic carbocycles. The van der Waals surface area contributed by atoms with Gasteiger partial charge in [0.05, 0.1) is 5.69 Å². The maximum Gasteiger partial charge on any atom is 0.129 e. The van der Waals surface area contributed by atoms with E-state index in [-0.39, 0.29) is 0 Å². The molecular weight excluding hydrogens is 246 g/mol. The van der Waals surface area contributed by atoms with Gasteiger partial charge in [0.2, 0.25) is 0 Å². The molecule has 3 heteroatoms. The lowest BCUT2D eigenvalue weighted by Crippen LogP contribution is -1.98. The lowest BCUT2D eigenvalue weighted by molar-refractivity contribution is 0.655. The summed E-state index contributed by atoms with van der Waals surface area (Å²) in [5, 5.41) is 4.76. The van der Waals surface area contributed by atoms with E-state index in [1.807, 2.05) is 11.7 Å². The molecule has 3 nitrogen and oxygen atoms in total. The normalized spacial score (nSPS) is 27.6. The number of aryl methyl sites for hydroxylation is 2. The van der Waals surface area contributed by atoms with E-state index < -0.39 is 0 Å². The molecule has 0 bridgehead atoms. The molecule has 0 spiro atoms. The summed E-state index contributed by atoms with van der Waals surface area (Å²) in [6, 6.07) is 8.49. The van der Waals surface area contributed by atoms with Gasteiger partial charge >= 0.3 is 0 Å². The van der Waals surface area contributed by atoms with Crippen molar-refractivity contribution in [2.45, 2.75) is 32.1 Å². The van der Waals surface area contributed by atoms with E-state index in [1.165, 1.54) is 41.6 Å². The Labute approximate surface area is 119 Å². The van der Waals surface area contributed by atoms with Gasteiger partial charge in [-0.1, -0.05) is 30.7 Å². The quantitative estimate of drug-likeness (QED) is 0.905. The highest BCUT2D eigenvalue weighted by atomic mass is 15.3. The number of benzene rings is 1. The summed E-state index contributed by atoms with van der Waals surface area (Å²) in [5.74, 6) is 3.19. The number of fused-ring (bicyclic) bond motifs is 1. The third-order valence-electron chi connectivity index (χ3n) is 5.26. The predicted molar refractivity (Wildman–Crippen MR) is 81.4 cm³/mol. The molecule has 2 fully saturated rings. The van der Waals surface area contributed by atoms with E-state index in [0.29, 0.717) is 5.92 Å². The molecule has 4 rings (SSSR count). The van der Waals surface area contributed by atoms with Crippen molar-refractivity contribution < 1.29 is 0 Å². The lowest BCUT2D eigenvalue weighted by atomic mass is 9.96. The minimum Gasteiger partial charge on any atom is -0.383 e. The summed E-state index contributed by atoms with van der Waals surface area (Å²) in [6.07, 6.45) is 4.14. The zero-order chi connectivity index (χ0) is 13.9. The third-order valence-corrected chi connectivity index (χ3v) is 5.26. The first-order chi connectivity index (χ1) is 9.68. The number of hydrogen-bond donors (Lipinski definition) is 1. The monoisotopic (exact) mass is 267 g/mol.